The van der Waals surface area contributed by atoms with Crippen molar-refractivity contribution < 1.29 is 27.8 Å². The van der Waals surface area contributed by atoms with Crippen molar-refractivity contribution in [2.45, 2.75) is 83.9 Å². The fourth-order valence-electron chi connectivity index (χ4n) is 6.66. The molecule has 4 aromatic rings. The fourth-order valence-corrected chi connectivity index (χ4v) is 8.30. The highest BCUT2D eigenvalue weighted by Gasteiger charge is 2.46. The molecule has 6 rings (SSSR count). The number of ether oxygens (including phenoxy) is 2. The molecule has 0 unspecified atom stereocenters. The molecule has 0 radical (unpaired) electrons. The predicted octanol–water partition coefficient (Wildman–Crippen LogP) is 4.54. The van der Waals surface area contributed by atoms with E-state index in [9.17, 15) is 18.3 Å². The summed E-state index contributed by atoms with van der Waals surface area (Å²) >= 11 is 0. The van der Waals surface area contributed by atoms with Gasteiger partial charge in [-0.15, -0.1) is 5.10 Å². The quantitative estimate of drug-likeness (QED) is 0.303. The number of hydrogen-bond donors (Lipinski definition) is 1. The molecular weight excluding hydrogens is 608 g/mol. The Morgan fingerprint density at radius 3 is 2.54 bits per heavy atom. The highest BCUT2D eigenvalue weighted by molar-refractivity contribution is 7.89. The lowest BCUT2D eigenvalue weighted by atomic mass is 9.70. The molecule has 0 aliphatic carbocycles. The molecule has 0 bridgehead atoms. The number of aromatic nitrogens is 5. The fraction of sp³-hybridized carbons (Fsp3) is 0.485. The SMILES string of the molecule is CCn1nnc2c(C)c([C@H](c3cnc(C)c(CN4CC5(CCOCC5)Oc5ncc(C)cc5S4(=O)=O)c3)C(C)(C)C(=O)O)ccc21. The molecule has 1 saturated heterocycles. The number of carboxylic acids is 1. The van der Waals surface area contributed by atoms with Crippen LogP contribution in [0.3, 0.4) is 0 Å². The molecule has 1 atom stereocenters. The van der Waals surface area contributed by atoms with Crippen LogP contribution in [0.25, 0.3) is 11.0 Å². The number of carboxylic acid groups (broad SMARTS) is 1. The van der Waals surface area contributed by atoms with Gasteiger partial charge in [0.1, 0.15) is 16.0 Å². The van der Waals surface area contributed by atoms with Gasteiger partial charge in [-0.3, -0.25) is 9.78 Å². The van der Waals surface area contributed by atoms with Crippen LogP contribution in [0.5, 0.6) is 5.88 Å². The van der Waals surface area contributed by atoms with Crippen molar-refractivity contribution >= 4 is 27.0 Å². The van der Waals surface area contributed by atoms with Crippen LogP contribution in [0.2, 0.25) is 0 Å². The number of sulfonamides is 1. The number of nitrogens with zero attached hydrogens (tertiary/aromatic N) is 6. The van der Waals surface area contributed by atoms with Gasteiger partial charge in [0.25, 0.3) is 0 Å². The second-order valence-corrected chi connectivity index (χ2v) is 14.9. The highest BCUT2D eigenvalue weighted by atomic mass is 32.2. The lowest BCUT2D eigenvalue weighted by Crippen LogP contribution is -2.50. The van der Waals surface area contributed by atoms with Crippen LogP contribution in [0.1, 0.15) is 73.0 Å². The molecule has 46 heavy (non-hydrogen) atoms. The Hall–Kier alpha value is -3.94. The first-order valence-electron chi connectivity index (χ1n) is 15.5. The van der Waals surface area contributed by atoms with Crippen molar-refractivity contribution in [2.24, 2.45) is 5.41 Å². The lowest BCUT2D eigenvalue weighted by molar-refractivity contribution is -0.147. The average molecular weight is 649 g/mol. The van der Waals surface area contributed by atoms with Gasteiger partial charge < -0.3 is 14.6 Å². The summed E-state index contributed by atoms with van der Waals surface area (Å²) in [5.74, 6) is -1.48. The molecule has 1 aromatic carbocycles. The van der Waals surface area contributed by atoms with Crippen LogP contribution < -0.4 is 4.74 Å². The molecule has 1 spiro atoms. The Balaban J connectivity index is 1.46. The zero-order valence-corrected chi connectivity index (χ0v) is 27.9. The van der Waals surface area contributed by atoms with Gasteiger partial charge in [-0.2, -0.15) is 4.31 Å². The van der Waals surface area contributed by atoms with Gasteiger partial charge in [0.15, 0.2) is 0 Å². The first kappa shape index (κ1) is 32.0. The van der Waals surface area contributed by atoms with Crippen molar-refractivity contribution in [1.29, 1.82) is 0 Å². The molecule has 0 amide bonds. The molecule has 1 fully saturated rings. The van der Waals surface area contributed by atoms with E-state index in [1.165, 1.54) is 4.31 Å². The van der Waals surface area contributed by atoms with Crippen LogP contribution in [-0.2, 0) is 32.6 Å². The van der Waals surface area contributed by atoms with E-state index in [-0.39, 0.29) is 23.9 Å². The van der Waals surface area contributed by atoms with Crippen molar-refractivity contribution in [1.82, 2.24) is 29.3 Å². The topological polar surface area (TPSA) is 150 Å². The smallest absolute Gasteiger partial charge is 0.310 e. The van der Waals surface area contributed by atoms with Crippen molar-refractivity contribution in [3.63, 3.8) is 0 Å². The number of hydrogen-bond acceptors (Lipinski definition) is 9. The van der Waals surface area contributed by atoms with E-state index >= 15 is 0 Å². The van der Waals surface area contributed by atoms with Gasteiger partial charge in [0, 0.05) is 49.9 Å². The van der Waals surface area contributed by atoms with Crippen LogP contribution in [0.15, 0.2) is 41.6 Å². The van der Waals surface area contributed by atoms with E-state index in [1.807, 2.05) is 39.0 Å². The third-order valence-corrected chi connectivity index (χ3v) is 11.3. The van der Waals surface area contributed by atoms with Crippen LogP contribution in [0.4, 0.5) is 0 Å². The summed E-state index contributed by atoms with van der Waals surface area (Å²) in [6, 6.07) is 7.38. The second kappa shape index (κ2) is 11.7. The van der Waals surface area contributed by atoms with Gasteiger partial charge in [-0.05, 0) is 81.5 Å². The minimum atomic E-state index is -4.02. The van der Waals surface area contributed by atoms with E-state index in [0.717, 1.165) is 16.6 Å². The predicted molar refractivity (Wildman–Crippen MR) is 170 cm³/mol. The Labute approximate surface area is 268 Å². The van der Waals surface area contributed by atoms with Gasteiger partial charge in [0.2, 0.25) is 15.9 Å². The number of aliphatic carboxylic acids is 1. The molecule has 1 N–H and O–H groups in total. The number of carbonyl (C=O) groups is 1. The lowest BCUT2D eigenvalue weighted by Gasteiger charge is -2.38. The zero-order chi connectivity index (χ0) is 33.0. The summed E-state index contributed by atoms with van der Waals surface area (Å²) in [5, 5.41) is 19.1. The molecule has 244 valence electrons. The number of benzene rings is 1. The van der Waals surface area contributed by atoms with Crippen molar-refractivity contribution in [3.8, 4) is 5.88 Å². The monoisotopic (exact) mass is 648 g/mol. The number of fused-ring (bicyclic) bond motifs is 2. The standard InChI is InChI=1S/C33H40N6O6S/c1-7-39-26-9-8-25(21(3)29(26)36-37-39)28(32(5,6)31(40)41)23-15-24(22(4)34-17-23)18-38-19-33(10-12-44-13-11-33)45-30-27(46(38,42)43)14-20(2)16-35-30/h8-9,14-17,28H,7,10-13,18-19H2,1-6H3,(H,40,41)/t28-/m0/s1. The molecule has 2 aliphatic rings. The maximum Gasteiger partial charge on any atom is 0.310 e. The summed E-state index contributed by atoms with van der Waals surface area (Å²) < 4.78 is 43.8. The zero-order valence-electron chi connectivity index (χ0n) is 27.1. The summed E-state index contributed by atoms with van der Waals surface area (Å²) in [5.41, 5.74) is 3.88. The molecule has 12 nitrogen and oxygen atoms in total. The Morgan fingerprint density at radius 1 is 1.11 bits per heavy atom. The highest BCUT2D eigenvalue weighted by Crippen LogP contribution is 2.44. The molecule has 13 heteroatoms. The maximum absolute atomic E-state index is 14.3. The largest absolute Gasteiger partial charge is 0.481 e. The minimum Gasteiger partial charge on any atom is -0.481 e. The van der Waals surface area contributed by atoms with E-state index in [4.69, 9.17) is 14.5 Å². The van der Waals surface area contributed by atoms with Gasteiger partial charge in [-0.1, -0.05) is 17.3 Å². The normalized spacial score (nSPS) is 18.6. The van der Waals surface area contributed by atoms with Crippen molar-refractivity contribution in [3.05, 3.63) is 70.2 Å². The van der Waals surface area contributed by atoms with E-state index in [2.05, 4.69) is 15.3 Å². The Morgan fingerprint density at radius 2 is 1.85 bits per heavy atom. The van der Waals surface area contributed by atoms with Gasteiger partial charge in [0.05, 0.1) is 30.7 Å². The van der Waals surface area contributed by atoms with Crippen molar-refractivity contribution in [2.75, 3.05) is 19.8 Å². The van der Waals surface area contributed by atoms with Crippen LogP contribution >= 0.6 is 0 Å². The van der Waals surface area contributed by atoms with E-state index in [0.29, 0.717) is 60.5 Å². The van der Waals surface area contributed by atoms with Crippen LogP contribution in [0, 0.1) is 26.2 Å². The minimum absolute atomic E-state index is 0.0252. The number of aryl methyl sites for hydroxylation is 4. The molecule has 0 saturated carbocycles. The third kappa shape index (κ3) is 5.43. The summed E-state index contributed by atoms with van der Waals surface area (Å²) in [6.45, 7) is 12.7. The van der Waals surface area contributed by atoms with Crippen LogP contribution in [-0.4, -0.2) is 74.1 Å². The number of pyridine rings is 2. The summed E-state index contributed by atoms with van der Waals surface area (Å²) in [4.78, 5) is 21.9. The molecule has 5 heterocycles. The average Bonchev–Trinajstić information content (AvgIpc) is 3.41. The molecule has 2 aliphatic heterocycles. The first-order chi connectivity index (χ1) is 21.8. The number of rotatable bonds is 7. The van der Waals surface area contributed by atoms with E-state index < -0.39 is 32.9 Å². The molecule has 3 aromatic heterocycles. The molecular formula is C33H40N6O6S. The first-order valence-corrected chi connectivity index (χ1v) is 17.0. The summed E-state index contributed by atoms with van der Waals surface area (Å²) in [6.07, 6.45) is 4.35. The second-order valence-electron chi connectivity index (χ2n) is 13.0. The Kier molecular flexibility index (Phi) is 8.14. The maximum atomic E-state index is 14.3. The van der Waals surface area contributed by atoms with Gasteiger partial charge >= 0.3 is 5.97 Å². The van der Waals surface area contributed by atoms with E-state index in [1.54, 1.807) is 43.9 Å². The third-order valence-electron chi connectivity index (χ3n) is 9.51. The Bertz CT molecular complexity index is 1930. The summed E-state index contributed by atoms with van der Waals surface area (Å²) in [7, 11) is -4.02. The van der Waals surface area contributed by atoms with Gasteiger partial charge in [-0.25, -0.2) is 18.1 Å².